The second-order valence-corrected chi connectivity index (χ2v) is 5.28. The van der Waals surface area contributed by atoms with E-state index in [-0.39, 0.29) is 0 Å². The van der Waals surface area contributed by atoms with E-state index in [1.165, 1.54) is 11.5 Å². The Morgan fingerprint density at radius 2 is 2.31 bits per heavy atom. The predicted octanol–water partition coefficient (Wildman–Crippen LogP) is 3.87. The summed E-state index contributed by atoms with van der Waals surface area (Å²) in [6, 6.07) is 5.73. The minimum Gasteiger partial charge on any atom is -0.356 e. The molecule has 0 aliphatic carbocycles. The van der Waals surface area contributed by atoms with Crippen molar-refractivity contribution < 1.29 is 0 Å². The molecule has 6 heteroatoms. The van der Waals surface area contributed by atoms with E-state index in [0.717, 1.165) is 26.0 Å². The Hall–Kier alpha value is -0.650. The molecule has 2 aromatic rings. The number of aryl methyl sites for hydroxylation is 1. The average Bonchev–Trinajstić information content (AvgIpc) is 2.63. The second-order valence-electron chi connectivity index (χ2n) is 3.24. The maximum atomic E-state index is 5.87. The highest BCUT2D eigenvalue weighted by atomic mass is 79.9. The highest BCUT2D eigenvalue weighted by molar-refractivity contribution is 9.10. The van der Waals surface area contributed by atoms with Crippen LogP contribution in [0.5, 0.6) is 0 Å². The first-order valence-corrected chi connectivity index (χ1v) is 6.57. The molecule has 0 aliphatic rings. The Morgan fingerprint density at radius 1 is 1.50 bits per heavy atom. The fraction of sp³-hybridized carbons (Fsp3) is 0.200. The number of hydrogen-bond donors (Lipinski definition) is 1. The summed E-state index contributed by atoms with van der Waals surface area (Å²) in [6.45, 7) is 2.58. The van der Waals surface area contributed by atoms with Gasteiger partial charge in [-0.25, -0.2) is 4.98 Å². The number of halogens is 2. The fourth-order valence-corrected chi connectivity index (χ4v) is 2.60. The van der Waals surface area contributed by atoms with Gasteiger partial charge in [0.25, 0.3) is 0 Å². The number of anilines is 1. The van der Waals surface area contributed by atoms with E-state index < -0.39 is 0 Å². The SMILES string of the molecule is Cc1nsc(NCc2ccc(Cl)cc2Br)n1. The molecule has 0 atom stereocenters. The van der Waals surface area contributed by atoms with Gasteiger partial charge in [0.1, 0.15) is 5.82 Å². The van der Waals surface area contributed by atoms with Crippen molar-refractivity contribution in [2.75, 3.05) is 5.32 Å². The third-order valence-electron chi connectivity index (χ3n) is 1.97. The number of nitrogens with zero attached hydrogens (tertiary/aromatic N) is 2. The van der Waals surface area contributed by atoms with Gasteiger partial charge >= 0.3 is 0 Å². The van der Waals surface area contributed by atoms with Crippen LogP contribution < -0.4 is 5.32 Å². The van der Waals surface area contributed by atoms with E-state index >= 15 is 0 Å². The van der Waals surface area contributed by atoms with E-state index in [1.54, 1.807) is 0 Å². The van der Waals surface area contributed by atoms with E-state index in [4.69, 9.17) is 11.6 Å². The Kier molecular flexibility index (Phi) is 3.78. The van der Waals surface area contributed by atoms with Crippen molar-refractivity contribution in [1.82, 2.24) is 9.36 Å². The Bertz CT molecular complexity index is 501. The van der Waals surface area contributed by atoms with Gasteiger partial charge in [0.15, 0.2) is 0 Å². The number of benzene rings is 1. The molecule has 0 aliphatic heterocycles. The predicted molar refractivity (Wildman–Crippen MR) is 71.1 cm³/mol. The van der Waals surface area contributed by atoms with Crippen molar-refractivity contribution in [2.45, 2.75) is 13.5 Å². The molecule has 1 N–H and O–H groups in total. The number of rotatable bonds is 3. The molecule has 1 heterocycles. The average molecular weight is 319 g/mol. The Morgan fingerprint density at radius 3 is 2.94 bits per heavy atom. The van der Waals surface area contributed by atoms with Crippen molar-refractivity contribution in [2.24, 2.45) is 0 Å². The van der Waals surface area contributed by atoms with Crippen molar-refractivity contribution in [3.05, 3.63) is 39.1 Å². The van der Waals surface area contributed by atoms with Gasteiger partial charge in [-0.1, -0.05) is 33.6 Å². The third-order valence-corrected chi connectivity index (χ3v) is 3.71. The lowest BCUT2D eigenvalue weighted by Crippen LogP contribution is -1.99. The first-order chi connectivity index (χ1) is 7.65. The lowest BCUT2D eigenvalue weighted by molar-refractivity contribution is 1.10. The molecular weight excluding hydrogens is 310 g/mol. The molecule has 0 radical (unpaired) electrons. The van der Waals surface area contributed by atoms with Crippen molar-refractivity contribution in [3.8, 4) is 0 Å². The van der Waals surface area contributed by atoms with Crippen molar-refractivity contribution in [1.29, 1.82) is 0 Å². The molecule has 1 aromatic heterocycles. The Balaban J connectivity index is 2.04. The minimum atomic E-state index is 0.701. The molecule has 0 unspecified atom stereocenters. The maximum Gasteiger partial charge on any atom is 0.202 e. The molecule has 2 rings (SSSR count). The van der Waals surface area contributed by atoms with Gasteiger partial charge in [-0.05, 0) is 24.6 Å². The monoisotopic (exact) mass is 317 g/mol. The summed E-state index contributed by atoms with van der Waals surface area (Å²) < 4.78 is 5.09. The summed E-state index contributed by atoms with van der Waals surface area (Å²) in [7, 11) is 0. The zero-order chi connectivity index (χ0) is 11.5. The van der Waals surface area contributed by atoms with Gasteiger partial charge in [-0.2, -0.15) is 4.37 Å². The lowest BCUT2D eigenvalue weighted by Gasteiger charge is -2.05. The van der Waals surface area contributed by atoms with Gasteiger partial charge < -0.3 is 5.32 Å². The summed E-state index contributed by atoms with van der Waals surface area (Å²) in [4.78, 5) is 4.23. The van der Waals surface area contributed by atoms with E-state index in [9.17, 15) is 0 Å². The van der Waals surface area contributed by atoms with Gasteiger partial charge in [0, 0.05) is 27.6 Å². The molecule has 0 spiro atoms. The van der Waals surface area contributed by atoms with Crippen molar-refractivity contribution in [3.63, 3.8) is 0 Å². The van der Waals surface area contributed by atoms with Crippen LogP contribution >= 0.6 is 39.1 Å². The normalized spacial score (nSPS) is 10.4. The second kappa shape index (κ2) is 5.12. The van der Waals surface area contributed by atoms with Crippen LogP contribution in [0.3, 0.4) is 0 Å². The molecule has 0 amide bonds. The standard InChI is InChI=1S/C10H9BrClN3S/c1-6-14-10(16-15-6)13-5-7-2-3-8(12)4-9(7)11/h2-4H,5H2,1H3,(H,13,14,15). The number of aromatic nitrogens is 2. The van der Waals surface area contributed by atoms with Crippen LogP contribution in [-0.2, 0) is 6.54 Å². The van der Waals surface area contributed by atoms with Crippen LogP contribution in [0.2, 0.25) is 5.02 Å². The molecule has 1 aromatic carbocycles. The highest BCUT2D eigenvalue weighted by Gasteiger charge is 2.03. The highest BCUT2D eigenvalue weighted by Crippen LogP contribution is 2.22. The zero-order valence-corrected chi connectivity index (χ0v) is 11.7. The summed E-state index contributed by atoms with van der Waals surface area (Å²) in [5, 5.41) is 4.77. The molecule has 0 saturated heterocycles. The van der Waals surface area contributed by atoms with Crippen LogP contribution in [0, 0.1) is 6.92 Å². The van der Waals surface area contributed by atoms with Gasteiger partial charge in [-0.3, -0.25) is 0 Å². The quantitative estimate of drug-likeness (QED) is 0.933. The van der Waals surface area contributed by atoms with Crippen LogP contribution in [0.1, 0.15) is 11.4 Å². The lowest BCUT2D eigenvalue weighted by atomic mass is 10.2. The molecule has 0 bridgehead atoms. The zero-order valence-electron chi connectivity index (χ0n) is 8.50. The molecular formula is C10H9BrClN3S. The third kappa shape index (κ3) is 2.93. The molecule has 3 nitrogen and oxygen atoms in total. The topological polar surface area (TPSA) is 37.8 Å². The van der Waals surface area contributed by atoms with Crippen LogP contribution in [-0.4, -0.2) is 9.36 Å². The smallest absolute Gasteiger partial charge is 0.202 e. The van der Waals surface area contributed by atoms with E-state index in [1.807, 2.05) is 25.1 Å². The van der Waals surface area contributed by atoms with Crippen molar-refractivity contribution >= 4 is 44.2 Å². The summed E-state index contributed by atoms with van der Waals surface area (Å²) in [6.07, 6.45) is 0. The van der Waals surface area contributed by atoms with Gasteiger partial charge in [0.05, 0.1) is 0 Å². The molecule has 0 fully saturated rings. The summed E-state index contributed by atoms with van der Waals surface area (Å²) in [5.41, 5.74) is 1.14. The first-order valence-electron chi connectivity index (χ1n) is 4.63. The largest absolute Gasteiger partial charge is 0.356 e. The molecule has 84 valence electrons. The maximum absolute atomic E-state index is 5.87. The van der Waals surface area contributed by atoms with Crippen LogP contribution in [0.25, 0.3) is 0 Å². The van der Waals surface area contributed by atoms with Crippen LogP contribution in [0.15, 0.2) is 22.7 Å². The Labute approximate surface area is 111 Å². The molecule has 0 saturated carbocycles. The van der Waals surface area contributed by atoms with E-state index in [2.05, 4.69) is 30.6 Å². The molecule has 16 heavy (non-hydrogen) atoms. The summed E-state index contributed by atoms with van der Waals surface area (Å²) in [5.74, 6) is 0.794. The number of nitrogens with one attached hydrogen (secondary N) is 1. The minimum absolute atomic E-state index is 0.701. The summed E-state index contributed by atoms with van der Waals surface area (Å²) >= 11 is 10.7. The fourth-order valence-electron chi connectivity index (χ4n) is 1.20. The first kappa shape index (κ1) is 11.8. The van der Waals surface area contributed by atoms with Crippen LogP contribution in [0.4, 0.5) is 5.13 Å². The van der Waals surface area contributed by atoms with Gasteiger partial charge in [-0.15, -0.1) is 0 Å². The van der Waals surface area contributed by atoms with Gasteiger partial charge in [0.2, 0.25) is 5.13 Å². The number of hydrogen-bond acceptors (Lipinski definition) is 4. The van der Waals surface area contributed by atoms with E-state index in [0.29, 0.717) is 6.54 Å².